The van der Waals surface area contributed by atoms with E-state index in [0.717, 1.165) is 22.7 Å². The first kappa shape index (κ1) is 8.50. The molecule has 0 saturated heterocycles. The summed E-state index contributed by atoms with van der Waals surface area (Å²) >= 11 is 0. The zero-order valence-electron chi connectivity index (χ0n) is 7.21. The Bertz CT molecular complexity index is 499. The molecule has 0 N–H and O–H groups in total. The fourth-order valence-electron chi connectivity index (χ4n) is 1.27. The molecular formula is C10H7NO3. The highest BCUT2D eigenvalue weighted by Crippen LogP contribution is 2.21. The van der Waals surface area contributed by atoms with Gasteiger partial charge in [0.15, 0.2) is 0 Å². The Hall–Kier alpha value is -2.10. The molecule has 4 heteroatoms. The summed E-state index contributed by atoms with van der Waals surface area (Å²) in [5.41, 5.74) is 1.45. The van der Waals surface area contributed by atoms with Crippen molar-refractivity contribution in [1.29, 1.82) is 0 Å². The van der Waals surface area contributed by atoms with Crippen molar-refractivity contribution in [3.63, 3.8) is 0 Å². The van der Waals surface area contributed by atoms with Crippen LogP contribution in [0.5, 0.6) is 0 Å². The Labute approximate surface area is 79.6 Å². The van der Waals surface area contributed by atoms with E-state index in [0.29, 0.717) is 0 Å². The Morgan fingerprint density at radius 1 is 1.36 bits per heavy atom. The summed E-state index contributed by atoms with van der Waals surface area (Å²) in [7, 11) is 0. The minimum Gasteiger partial charge on any atom is -0.464 e. The van der Waals surface area contributed by atoms with E-state index in [2.05, 4.69) is 0 Å². The minimum absolute atomic E-state index is 0.498. The first-order chi connectivity index (χ1) is 6.77. The lowest BCUT2D eigenvalue weighted by atomic mass is 10.2. The summed E-state index contributed by atoms with van der Waals surface area (Å²) in [6.45, 7) is 0. The van der Waals surface area contributed by atoms with Crippen LogP contribution in [0.1, 0.15) is 5.56 Å². The molecule has 0 aliphatic rings. The lowest BCUT2D eigenvalue weighted by Gasteiger charge is -1.86. The van der Waals surface area contributed by atoms with Crippen LogP contribution < -0.4 is 0 Å². The van der Waals surface area contributed by atoms with Crippen molar-refractivity contribution >= 4 is 17.0 Å². The normalized spacial score (nSPS) is 11.1. The van der Waals surface area contributed by atoms with Crippen molar-refractivity contribution in [3.05, 3.63) is 52.4 Å². The van der Waals surface area contributed by atoms with Crippen LogP contribution >= 0.6 is 0 Å². The molecule has 1 aromatic heterocycles. The maximum Gasteiger partial charge on any atom is 0.235 e. The highest BCUT2D eigenvalue weighted by atomic mass is 16.6. The second-order valence-electron chi connectivity index (χ2n) is 2.79. The molecule has 2 rings (SSSR count). The van der Waals surface area contributed by atoms with E-state index < -0.39 is 4.92 Å². The number of furan rings is 1. The molecule has 2 aromatic rings. The number of rotatable bonds is 2. The number of nitrogens with zero attached hydrogens (tertiary/aromatic N) is 1. The first-order valence-electron chi connectivity index (χ1n) is 4.05. The predicted molar refractivity (Wildman–Crippen MR) is 52.2 cm³/mol. The fraction of sp³-hybridized carbons (Fsp3) is 0. The molecule has 0 radical (unpaired) electrons. The third-order valence-corrected chi connectivity index (χ3v) is 1.89. The zero-order valence-corrected chi connectivity index (χ0v) is 7.21. The molecule has 14 heavy (non-hydrogen) atoms. The number of benzene rings is 1. The smallest absolute Gasteiger partial charge is 0.235 e. The lowest BCUT2D eigenvalue weighted by Crippen LogP contribution is -1.81. The van der Waals surface area contributed by atoms with E-state index in [-0.39, 0.29) is 0 Å². The quantitative estimate of drug-likeness (QED) is 0.539. The van der Waals surface area contributed by atoms with Crippen molar-refractivity contribution in [2.24, 2.45) is 0 Å². The summed E-state index contributed by atoms with van der Waals surface area (Å²) in [5, 5.41) is 11.0. The average Bonchev–Trinajstić information content (AvgIpc) is 2.58. The van der Waals surface area contributed by atoms with Gasteiger partial charge in [-0.2, -0.15) is 0 Å². The molecule has 0 fully saturated rings. The standard InChI is InChI=1S/C10H7NO3/c12-11(13)6-5-8-7-14-10-4-2-1-3-9(8)10/h1-7H/b6-5+. The van der Waals surface area contributed by atoms with Crippen LogP contribution in [0.15, 0.2) is 41.1 Å². The van der Waals surface area contributed by atoms with Gasteiger partial charge < -0.3 is 4.42 Å². The summed E-state index contributed by atoms with van der Waals surface area (Å²) in [4.78, 5) is 9.62. The van der Waals surface area contributed by atoms with Gasteiger partial charge in [-0.15, -0.1) is 0 Å². The molecule has 0 aliphatic heterocycles. The molecule has 1 heterocycles. The molecule has 0 spiro atoms. The maximum atomic E-state index is 10.1. The van der Waals surface area contributed by atoms with Crippen molar-refractivity contribution in [2.75, 3.05) is 0 Å². The number of hydrogen-bond donors (Lipinski definition) is 0. The second-order valence-corrected chi connectivity index (χ2v) is 2.79. The van der Waals surface area contributed by atoms with E-state index in [1.807, 2.05) is 24.3 Å². The Kier molecular flexibility index (Phi) is 2.02. The second kappa shape index (κ2) is 3.33. The summed E-state index contributed by atoms with van der Waals surface area (Å²) < 4.78 is 5.21. The SMILES string of the molecule is O=[N+]([O-])/C=C/c1coc2ccccc12. The van der Waals surface area contributed by atoms with Gasteiger partial charge in [0.1, 0.15) is 5.58 Å². The van der Waals surface area contributed by atoms with E-state index >= 15 is 0 Å². The average molecular weight is 189 g/mol. The zero-order chi connectivity index (χ0) is 9.97. The number of nitro groups is 1. The van der Waals surface area contributed by atoms with Gasteiger partial charge in [-0.05, 0) is 6.07 Å². The van der Waals surface area contributed by atoms with Gasteiger partial charge in [0.05, 0.1) is 11.2 Å². The predicted octanol–water partition coefficient (Wildman–Crippen LogP) is 2.68. The largest absolute Gasteiger partial charge is 0.464 e. The molecule has 70 valence electrons. The van der Waals surface area contributed by atoms with Gasteiger partial charge in [-0.3, -0.25) is 10.1 Å². The number of fused-ring (bicyclic) bond motifs is 1. The van der Waals surface area contributed by atoms with Crippen LogP contribution in [-0.4, -0.2) is 4.92 Å². The van der Waals surface area contributed by atoms with E-state index in [1.54, 1.807) is 0 Å². The van der Waals surface area contributed by atoms with Crippen molar-refractivity contribution < 1.29 is 9.34 Å². The van der Waals surface area contributed by atoms with Crippen LogP contribution in [0.4, 0.5) is 0 Å². The summed E-state index contributed by atoms with van der Waals surface area (Å²) in [6, 6.07) is 7.39. The van der Waals surface area contributed by atoms with Gasteiger partial charge in [0.25, 0.3) is 0 Å². The fourth-order valence-corrected chi connectivity index (χ4v) is 1.27. The molecule has 0 aliphatic carbocycles. The Morgan fingerprint density at radius 2 is 2.14 bits per heavy atom. The molecule has 0 atom stereocenters. The molecule has 4 nitrogen and oxygen atoms in total. The van der Waals surface area contributed by atoms with Gasteiger partial charge >= 0.3 is 0 Å². The van der Waals surface area contributed by atoms with E-state index in [1.165, 1.54) is 12.3 Å². The lowest BCUT2D eigenvalue weighted by molar-refractivity contribution is -0.400. The highest BCUT2D eigenvalue weighted by Gasteiger charge is 2.02. The topological polar surface area (TPSA) is 56.3 Å². The maximum absolute atomic E-state index is 10.1. The van der Waals surface area contributed by atoms with Gasteiger partial charge in [0, 0.05) is 17.0 Å². The molecule has 1 aromatic carbocycles. The van der Waals surface area contributed by atoms with Gasteiger partial charge in [-0.1, -0.05) is 18.2 Å². The van der Waals surface area contributed by atoms with Gasteiger partial charge in [0.2, 0.25) is 6.20 Å². The molecule has 0 bridgehead atoms. The van der Waals surface area contributed by atoms with Crippen LogP contribution in [0.3, 0.4) is 0 Å². The highest BCUT2D eigenvalue weighted by molar-refractivity contribution is 5.86. The van der Waals surface area contributed by atoms with Crippen molar-refractivity contribution in [1.82, 2.24) is 0 Å². The minimum atomic E-state index is -0.498. The van der Waals surface area contributed by atoms with Crippen molar-refractivity contribution in [3.8, 4) is 0 Å². The third kappa shape index (κ3) is 1.50. The molecule has 0 unspecified atom stereocenters. The van der Waals surface area contributed by atoms with Crippen LogP contribution in [-0.2, 0) is 0 Å². The van der Waals surface area contributed by atoms with Crippen LogP contribution in [0.2, 0.25) is 0 Å². The Morgan fingerprint density at radius 3 is 2.93 bits per heavy atom. The number of para-hydroxylation sites is 1. The van der Waals surface area contributed by atoms with Crippen LogP contribution in [0, 0.1) is 10.1 Å². The monoisotopic (exact) mass is 189 g/mol. The van der Waals surface area contributed by atoms with Crippen LogP contribution in [0.25, 0.3) is 17.0 Å². The molecule has 0 saturated carbocycles. The van der Waals surface area contributed by atoms with Gasteiger partial charge in [-0.25, -0.2) is 0 Å². The van der Waals surface area contributed by atoms with Crippen molar-refractivity contribution in [2.45, 2.75) is 0 Å². The Balaban J connectivity index is 2.48. The number of hydrogen-bond acceptors (Lipinski definition) is 3. The summed E-state index contributed by atoms with van der Waals surface area (Å²) in [5.74, 6) is 0. The first-order valence-corrected chi connectivity index (χ1v) is 4.05. The van der Waals surface area contributed by atoms with E-state index in [9.17, 15) is 10.1 Å². The molecular weight excluding hydrogens is 182 g/mol. The third-order valence-electron chi connectivity index (χ3n) is 1.89. The summed E-state index contributed by atoms with van der Waals surface area (Å²) in [6.07, 6.45) is 3.83. The van der Waals surface area contributed by atoms with E-state index in [4.69, 9.17) is 4.42 Å². The molecule has 0 amide bonds.